The van der Waals surface area contributed by atoms with Crippen molar-refractivity contribution in [1.82, 2.24) is 20.6 Å². The maximum Gasteiger partial charge on any atom is 0.431 e. The monoisotopic (exact) mass is 674 g/mol. The molecule has 3 rings (SSSR count). The number of carbonyl (C=O) groups is 3. The summed E-state index contributed by atoms with van der Waals surface area (Å²) < 4.78 is 24.8. The number of amides is 2. The van der Waals surface area contributed by atoms with Crippen molar-refractivity contribution < 1.29 is 43.0 Å². The molecule has 2 amide bonds. The third-order valence-corrected chi connectivity index (χ3v) is 12.8. The summed E-state index contributed by atoms with van der Waals surface area (Å²) in [6.07, 6.45) is 3.27. The van der Waals surface area contributed by atoms with Crippen LogP contribution in [0.2, 0.25) is 18.1 Å². The van der Waals surface area contributed by atoms with Gasteiger partial charge >= 0.3 is 18.2 Å². The molecular weight excluding hydrogens is 624 g/mol. The van der Waals surface area contributed by atoms with Crippen LogP contribution in [0.4, 0.5) is 9.59 Å². The summed E-state index contributed by atoms with van der Waals surface area (Å²) in [5.74, 6) is -0.769. The van der Waals surface area contributed by atoms with Crippen LogP contribution < -0.4 is 15.5 Å². The number of nitrogens with one attached hydrogen (secondary N) is 2. The van der Waals surface area contributed by atoms with Gasteiger partial charge in [0.15, 0.2) is 8.32 Å². The fourth-order valence-electron chi connectivity index (χ4n) is 4.58. The Hall–Kier alpha value is -3.88. The molecule has 13 nitrogen and oxygen atoms in total. The molecule has 47 heavy (non-hydrogen) atoms. The molecule has 2 unspecified atom stereocenters. The first-order chi connectivity index (χ1) is 21.7. The first-order valence-corrected chi connectivity index (χ1v) is 18.6. The molecule has 0 fully saturated rings. The van der Waals surface area contributed by atoms with Crippen molar-refractivity contribution in [2.45, 2.75) is 109 Å². The summed E-state index contributed by atoms with van der Waals surface area (Å²) in [6.45, 7) is 21.7. The number of carboxylic acid groups (broad SMARTS) is 1. The number of nitrogens with zero attached hydrogens (tertiary/aromatic N) is 2. The normalized spacial score (nSPS) is 16.9. The molecule has 3 atom stereocenters. The van der Waals surface area contributed by atoms with Gasteiger partial charge in [0.05, 0.1) is 18.8 Å². The van der Waals surface area contributed by atoms with Gasteiger partial charge in [0, 0.05) is 18.3 Å². The van der Waals surface area contributed by atoms with E-state index < -0.39 is 43.8 Å². The van der Waals surface area contributed by atoms with Crippen molar-refractivity contribution in [3.63, 3.8) is 0 Å². The zero-order valence-corrected chi connectivity index (χ0v) is 30.0. The molecule has 1 aliphatic heterocycles. The Bertz CT molecular complexity index is 1430. The topological polar surface area (TPSA) is 159 Å². The van der Waals surface area contributed by atoms with Crippen LogP contribution in [0.15, 0.2) is 43.2 Å². The number of aliphatic carboxylic acids is 1. The van der Waals surface area contributed by atoms with Crippen LogP contribution >= 0.6 is 0 Å². The summed E-state index contributed by atoms with van der Waals surface area (Å²) in [4.78, 5) is 41.7. The average Bonchev–Trinajstić information content (AvgIpc) is 3.43. The maximum atomic E-state index is 12.4. The standard InChI is InChI=1S/C33H50N4O9Si/c1-11-16-42-30(41)36-46-33(8,28(38)39)27-15-13-23-17-22(12-14-26(23)43-27)24-18-35-37(20-24)21-25(45-47(9,10)32(5,6)7)19-34-29(40)44-31(2,3)4/h11-12,14,17-18,20,25,27H,1,13,15-16,19,21H2,2-10H3,(H,34,40)(H,36,41)(H,38,39)/t25?,27-,33?/m1/s1. The smallest absolute Gasteiger partial charge is 0.431 e. The van der Waals surface area contributed by atoms with Gasteiger partial charge in [0.1, 0.15) is 24.1 Å². The molecule has 14 heteroatoms. The molecule has 3 N–H and O–H groups in total. The molecule has 1 aliphatic rings. The number of aryl methyl sites for hydroxylation is 1. The van der Waals surface area contributed by atoms with Crippen LogP contribution in [0.3, 0.4) is 0 Å². The molecule has 0 bridgehead atoms. The van der Waals surface area contributed by atoms with Crippen LogP contribution in [0.1, 0.15) is 60.5 Å². The lowest BCUT2D eigenvalue weighted by atomic mass is 9.90. The second-order valence-corrected chi connectivity index (χ2v) is 19.1. The van der Waals surface area contributed by atoms with E-state index in [1.165, 1.54) is 13.0 Å². The first kappa shape index (κ1) is 37.6. The molecule has 2 aromatic rings. The van der Waals surface area contributed by atoms with Gasteiger partial charge in [0.2, 0.25) is 5.60 Å². The van der Waals surface area contributed by atoms with Crippen LogP contribution in [0.5, 0.6) is 5.75 Å². The summed E-state index contributed by atoms with van der Waals surface area (Å²) in [7, 11) is -2.18. The minimum atomic E-state index is -2.18. The van der Waals surface area contributed by atoms with Crippen LogP contribution in [0, 0.1) is 0 Å². The molecule has 0 saturated heterocycles. The number of carboxylic acids is 1. The minimum absolute atomic E-state index is 0.0293. The van der Waals surface area contributed by atoms with Gasteiger partial charge in [-0.05, 0) is 81.9 Å². The first-order valence-electron chi connectivity index (χ1n) is 15.7. The van der Waals surface area contributed by atoms with Crippen molar-refractivity contribution >= 4 is 26.5 Å². The molecule has 0 radical (unpaired) electrons. The predicted molar refractivity (Wildman–Crippen MR) is 179 cm³/mol. The lowest BCUT2D eigenvalue weighted by Gasteiger charge is -2.39. The van der Waals surface area contributed by atoms with E-state index in [1.54, 1.807) is 16.9 Å². The number of hydrogen-bond acceptors (Lipinski definition) is 9. The molecule has 0 spiro atoms. The molecular formula is C33H50N4O9Si. The number of aromatic nitrogens is 2. The molecule has 1 aromatic carbocycles. The Morgan fingerprint density at radius 3 is 2.47 bits per heavy atom. The van der Waals surface area contributed by atoms with Crippen molar-refractivity contribution in [1.29, 1.82) is 0 Å². The molecule has 260 valence electrons. The van der Waals surface area contributed by atoms with Crippen molar-refractivity contribution in [3.8, 4) is 16.9 Å². The molecule has 2 heterocycles. The Kier molecular flexibility index (Phi) is 11.9. The summed E-state index contributed by atoms with van der Waals surface area (Å²) in [5.41, 5.74) is 2.25. The van der Waals surface area contributed by atoms with E-state index in [9.17, 15) is 19.5 Å². The fourth-order valence-corrected chi connectivity index (χ4v) is 5.93. The van der Waals surface area contributed by atoms with E-state index in [1.807, 2.05) is 44.6 Å². The Labute approximate surface area is 278 Å². The quantitative estimate of drug-likeness (QED) is 0.134. The fraction of sp³-hybridized carbons (Fsp3) is 0.576. The van der Waals surface area contributed by atoms with Gasteiger partial charge in [-0.15, -0.1) is 0 Å². The Morgan fingerprint density at radius 1 is 1.15 bits per heavy atom. The van der Waals surface area contributed by atoms with E-state index >= 15 is 0 Å². The Morgan fingerprint density at radius 2 is 1.85 bits per heavy atom. The average molecular weight is 675 g/mol. The number of carbonyl (C=O) groups excluding carboxylic acids is 2. The summed E-state index contributed by atoms with van der Waals surface area (Å²) >= 11 is 0. The number of rotatable bonds is 13. The highest BCUT2D eigenvalue weighted by Crippen LogP contribution is 2.38. The third kappa shape index (κ3) is 10.3. The van der Waals surface area contributed by atoms with E-state index in [0.717, 1.165) is 16.7 Å². The Balaban J connectivity index is 1.73. The van der Waals surface area contributed by atoms with Gasteiger partial charge in [-0.1, -0.05) is 39.5 Å². The van der Waals surface area contributed by atoms with E-state index in [0.29, 0.717) is 25.1 Å². The maximum absolute atomic E-state index is 12.4. The summed E-state index contributed by atoms with van der Waals surface area (Å²) in [6, 6.07) is 5.65. The van der Waals surface area contributed by atoms with Crippen molar-refractivity contribution in [3.05, 3.63) is 48.8 Å². The molecule has 0 saturated carbocycles. The summed E-state index contributed by atoms with van der Waals surface area (Å²) in [5, 5.41) is 17.3. The zero-order valence-electron chi connectivity index (χ0n) is 29.0. The molecule has 1 aromatic heterocycles. The second kappa shape index (κ2) is 14.9. The van der Waals surface area contributed by atoms with Gasteiger partial charge in [-0.3, -0.25) is 4.68 Å². The SMILES string of the molecule is C=CCOC(=O)NOC(C)(C(=O)O)[C@H]1CCc2cc(-c3cnn(CC(CNC(=O)OC(C)(C)C)O[Si](C)(C)C(C)(C)C)c3)ccc2O1. The van der Waals surface area contributed by atoms with E-state index in [4.69, 9.17) is 23.5 Å². The lowest BCUT2D eigenvalue weighted by Crippen LogP contribution is -2.56. The number of ether oxygens (including phenoxy) is 3. The lowest BCUT2D eigenvalue weighted by molar-refractivity contribution is -0.189. The van der Waals surface area contributed by atoms with Gasteiger partial charge in [0.25, 0.3) is 0 Å². The van der Waals surface area contributed by atoms with Crippen molar-refractivity contribution in [2.24, 2.45) is 0 Å². The van der Waals surface area contributed by atoms with Gasteiger partial charge in [-0.25, -0.2) is 19.2 Å². The van der Waals surface area contributed by atoms with Gasteiger partial charge < -0.3 is 29.1 Å². The number of fused-ring (bicyclic) bond motifs is 1. The minimum Gasteiger partial charge on any atom is -0.486 e. The van der Waals surface area contributed by atoms with E-state index in [2.05, 4.69) is 50.9 Å². The highest BCUT2D eigenvalue weighted by Gasteiger charge is 2.47. The largest absolute Gasteiger partial charge is 0.486 e. The highest BCUT2D eigenvalue weighted by molar-refractivity contribution is 6.74. The van der Waals surface area contributed by atoms with Gasteiger partial charge in [-0.2, -0.15) is 10.6 Å². The molecule has 0 aliphatic carbocycles. The van der Waals surface area contributed by atoms with E-state index in [-0.39, 0.29) is 24.3 Å². The highest BCUT2D eigenvalue weighted by atomic mass is 28.4. The van der Waals surface area contributed by atoms with Crippen LogP contribution in [0.25, 0.3) is 11.1 Å². The second-order valence-electron chi connectivity index (χ2n) is 14.3. The zero-order chi connectivity index (χ0) is 35.2. The number of hydroxylamine groups is 1. The van der Waals surface area contributed by atoms with Crippen molar-refractivity contribution in [2.75, 3.05) is 13.2 Å². The number of hydrogen-bond donors (Lipinski definition) is 3. The number of benzene rings is 1. The van der Waals surface area contributed by atoms with Crippen LogP contribution in [-0.4, -0.2) is 77.9 Å². The predicted octanol–water partition coefficient (Wildman–Crippen LogP) is 5.85. The number of alkyl carbamates (subject to hydrolysis) is 1. The van der Waals surface area contributed by atoms with Crippen LogP contribution in [-0.2, 0) is 36.5 Å². The third-order valence-electron chi connectivity index (χ3n) is 8.22.